The quantitative estimate of drug-likeness (QED) is 0.520. The van der Waals surface area contributed by atoms with Crippen LogP contribution < -0.4 is 0 Å². The minimum Gasteiger partial charge on any atom is -0.385 e. The van der Waals surface area contributed by atoms with Crippen LogP contribution >= 0.6 is 0 Å². The van der Waals surface area contributed by atoms with E-state index in [0.717, 1.165) is 50.9 Å². The van der Waals surface area contributed by atoms with Gasteiger partial charge in [0.2, 0.25) is 15.0 Å². The molecule has 1 fully saturated rings. The van der Waals surface area contributed by atoms with Crippen molar-refractivity contribution >= 4 is 9.84 Å². The average Bonchev–Trinajstić information content (AvgIpc) is 3.40. The summed E-state index contributed by atoms with van der Waals surface area (Å²) in [6.07, 6.45) is 5.99. The second-order valence-electron chi connectivity index (χ2n) is 7.77. The SMILES string of the molecule is CCN(Cc1ccccc1)Cc1cnc(S(=O)(=O)C2CCCC2)n1CCCOC. The molecule has 0 atom stereocenters. The van der Waals surface area contributed by atoms with Crippen LogP contribution in [0.15, 0.2) is 41.7 Å². The largest absolute Gasteiger partial charge is 0.385 e. The number of aromatic nitrogens is 2. The van der Waals surface area contributed by atoms with Crippen molar-refractivity contribution in [3.63, 3.8) is 0 Å². The predicted molar refractivity (Wildman–Crippen MR) is 114 cm³/mol. The van der Waals surface area contributed by atoms with Gasteiger partial charge in [-0.2, -0.15) is 0 Å². The molecule has 1 aromatic carbocycles. The summed E-state index contributed by atoms with van der Waals surface area (Å²) in [6.45, 7) is 5.71. The molecule has 1 saturated carbocycles. The minimum absolute atomic E-state index is 0.242. The lowest BCUT2D eigenvalue weighted by Crippen LogP contribution is -2.26. The van der Waals surface area contributed by atoms with Crippen LogP contribution in [-0.2, 0) is 34.2 Å². The topological polar surface area (TPSA) is 64.4 Å². The maximum atomic E-state index is 13.2. The Labute approximate surface area is 174 Å². The Morgan fingerprint density at radius 1 is 1.17 bits per heavy atom. The molecule has 1 aliphatic rings. The Morgan fingerprint density at radius 2 is 1.90 bits per heavy atom. The van der Waals surface area contributed by atoms with Gasteiger partial charge in [-0.25, -0.2) is 13.4 Å². The second-order valence-corrected chi connectivity index (χ2v) is 9.89. The molecule has 6 nitrogen and oxygen atoms in total. The van der Waals surface area contributed by atoms with Crippen LogP contribution in [-0.4, -0.2) is 48.4 Å². The number of hydrogen-bond acceptors (Lipinski definition) is 5. The first kappa shape index (κ1) is 22.0. The van der Waals surface area contributed by atoms with Gasteiger partial charge in [-0.05, 0) is 31.4 Å². The number of benzene rings is 1. The van der Waals surface area contributed by atoms with Crippen LogP contribution in [0, 0.1) is 0 Å². The molecule has 0 saturated heterocycles. The minimum atomic E-state index is -3.39. The lowest BCUT2D eigenvalue weighted by atomic mass is 10.2. The first-order valence-corrected chi connectivity index (χ1v) is 12.1. The van der Waals surface area contributed by atoms with Crippen molar-refractivity contribution in [3.05, 3.63) is 47.8 Å². The molecule has 0 N–H and O–H groups in total. The number of ether oxygens (including phenoxy) is 1. The molecule has 7 heteroatoms. The van der Waals surface area contributed by atoms with Crippen LogP contribution in [0.5, 0.6) is 0 Å². The molecule has 3 rings (SSSR count). The Morgan fingerprint density at radius 3 is 2.55 bits per heavy atom. The van der Waals surface area contributed by atoms with Gasteiger partial charge in [0.05, 0.1) is 17.1 Å². The van der Waals surface area contributed by atoms with Gasteiger partial charge in [0, 0.05) is 33.4 Å². The number of methoxy groups -OCH3 is 1. The van der Waals surface area contributed by atoms with Crippen LogP contribution in [0.1, 0.15) is 50.3 Å². The van der Waals surface area contributed by atoms with E-state index in [0.29, 0.717) is 19.7 Å². The average molecular weight is 420 g/mol. The highest BCUT2D eigenvalue weighted by Gasteiger charge is 2.34. The molecule has 0 bridgehead atoms. The third-order valence-electron chi connectivity index (χ3n) is 5.71. The summed E-state index contributed by atoms with van der Waals surface area (Å²) in [5.41, 5.74) is 2.20. The van der Waals surface area contributed by atoms with E-state index < -0.39 is 9.84 Å². The monoisotopic (exact) mass is 419 g/mol. The molecule has 0 aliphatic heterocycles. The zero-order valence-corrected chi connectivity index (χ0v) is 18.4. The van der Waals surface area contributed by atoms with Crippen molar-refractivity contribution in [2.24, 2.45) is 0 Å². The molecular weight excluding hydrogens is 386 g/mol. The molecule has 1 aromatic heterocycles. The van der Waals surface area contributed by atoms with Gasteiger partial charge >= 0.3 is 0 Å². The fraction of sp³-hybridized carbons (Fsp3) is 0.591. The van der Waals surface area contributed by atoms with E-state index in [9.17, 15) is 8.42 Å². The molecule has 29 heavy (non-hydrogen) atoms. The van der Waals surface area contributed by atoms with E-state index in [-0.39, 0.29) is 10.4 Å². The van der Waals surface area contributed by atoms with Crippen LogP contribution in [0.25, 0.3) is 0 Å². The number of rotatable bonds is 11. The van der Waals surface area contributed by atoms with Crippen molar-refractivity contribution in [1.82, 2.24) is 14.5 Å². The van der Waals surface area contributed by atoms with E-state index in [2.05, 4.69) is 28.9 Å². The summed E-state index contributed by atoms with van der Waals surface area (Å²) in [5, 5.41) is -0.0446. The summed E-state index contributed by atoms with van der Waals surface area (Å²) in [5.74, 6) is 0. The zero-order valence-electron chi connectivity index (χ0n) is 17.6. The van der Waals surface area contributed by atoms with Gasteiger partial charge < -0.3 is 9.30 Å². The van der Waals surface area contributed by atoms with Crippen molar-refractivity contribution in [1.29, 1.82) is 0 Å². The van der Waals surface area contributed by atoms with E-state index in [1.165, 1.54) is 5.56 Å². The Bertz CT molecular complexity index is 859. The molecular formula is C22H33N3O3S. The van der Waals surface area contributed by atoms with E-state index in [1.807, 2.05) is 22.8 Å². The maximum absolute atomic E-state index is 13.2. The summed E-state index contributed by atoms with van der Waals surface area (Å²) in [7, 11) is -1.72. The third kappa shape index (κ3) is 5.47. The fourth-order valence-electron chi connectivity index (χ4n) is 4.05. The second kappa shape index (κ2) is 10.4. The van der Waals surface area contributed by atoms with Gasteiger partial charge in [0.25, 0.3) is 0 Å². The van der Waals surface area contributed by atoms with Crippen LogP contribution in [0.4, 0.5) is 0 Å². The normalized spacial score (nSPS) is 15.4. The first-order valence-electron chi connectivity index (χ1n) is 10.6. The highest BCUT2D eigenvalue weighted by atomic mass is 32.2. The molecule has 0 spiro atoms. The van der Waals surface area contributed by atoms with Gasteiger partial charge in [-0.3, -0.25) is 4.90 Å². The van der Waals surface area contributed by atoms with E-state index in [1.54, 1.807) is 13.3 Å². The summed E-state index contributed by atoms with van der Waals surface area (Å²) in [4.78, 5) is 6.72. The molecule has 0 amide bonds. The smallest absolute Gasteiger partial charge is 0.228 e. The standard InChI is InChI=1S/C22H33N3O3S/c1-3-24(17-19-10-5-4-6-11-19)18-20-16-23-22(25(20)14-9-15-28-2)29(26,27)21-12-7-8-13-21/h4-6,10-11,16,21H,3,7-9,12-15,17-18H2,1-2H3. The van der Waals surface area contributed by atoms with Gasteiger partial charge in [-0.15, -0.1) is 0 Å². The Kier molecular flexibility index (Phi) is 7.86. The van der Waals surface area contributed by atoms with E-state index in [4.69, 9.17) is 4.74 Å². The lowest BCUT2D eigenvalue weighted by molar-refractivity contribution is 0.188. The van der Waals surface area contributed by atoms with Gasteiger partial charge in [0.15, 0.2) is 0 Å². The highest BCUT2D eigenvalue weighted by molar-refractivity contribution is 7.91. The summed E-state index contributed by atoms with van der Waals surface area (Å²) in [6, 6.07) is 10.3. The molecule has 1 heterocycles. The Balaban J connectivity index is 1.84. The third-order valence-corrected chi connectivity index (χ3v) is 7.89. The fourth-order valence-corrected chi connectivity index (χ4v) is 6.02. The van der Waals surface area contributed by atoms with Crippen molar-refractivity contribution < 1.29 is 13.2 Å². The predicted octanol–water partition coefficient (Wildman–Crippen LogP) is 3.66. The Hall–Kier alpha value is -1.70. The molecule has 2 aromatic rings. The highest BCUT2D eigenvalue weighted by Crippen LogP contribution is 2.30. The van der Waals surface area contributed by atoms with E-state index >= 15 is 0 Å². The van der Waals surface area contributed by atoms with Crippen molar-refractivity contribution in [3.8, 4) is 0 Å². The first-order chi connectivity index (χ1) is 14.1. The molecule has 1 aliphatic carbocycles. The zero-order chi connectivity index (χ0) is 20.7. The van der Waals surface area contributed by atoms with Crippen LogP contribution in [0.2, 0.25) is 0 Å². The van der Waals surface area contributed by atoms with Gasteiger partial charge in [-0.1, -0.05) is 50.1 Å². The summed E-state index contributed by atoms with van der Waals surface area (Å²) < 4.78 is 33.5. The number of sulfone groups is 1. The van der Waals surface area contributed by atoms with Gasteiger partial charge in [0.1, 0.15) is 0 Å². The molecule has 160 valence electrons. The van der Waals surface area contributed by atoms with Crippen molar-refractivity contribution in [2.45, 2.75) is 69.1 Å². The molecule has 0 radical (unpaired) electrons. The number of hydrogen-bond donors (Lipinski definition) is 0. The number of nitrogens with zero attached hydrogens (tertiary/aromatic N) is 3. The maximum Gasteiger partial charge on any atom is 0.228 e. The van der Waals surface area contributed by atoms with Crippen LogP contribution in [0.3, 0.4) is 0 Å². The number of imidazole rings is 1. The molecule has 0 unspecified atom stereocenters. The summed E-state index contributed by atoms with van der Waals surface area (Å²) >= 11 is 0. The lowest BCUT2D eigenvalue weighted by Gasteiger charge is -2.22. The van der Waals surface area contributed by atoms with Crippen molar-refractivity contribution in [2.75, 3.05) is 20.3 Å².